The Morgan fingerprint density at radius 3 is 2.57 bits per heavy atom. The average Bonchev–Trinajstić information content (AvgIpc) is 2.50. The summed E-state index contributed by atoms with van der Waals surface area (Å²) in [7, 11) is 0. The van der Waals surface area contributed by atoms with Crippen molar-refractivity contribution in [1.82, 2.24) is 0 Å². The zero-order valence-corrected chi connectivity index (χ0v) is 12.9. The molecular formula is C16H26O5. The standard InChI is InChI=1S/C16H26O5/c1-3-5-8-19-11-14(18)12-21-15-7-6-13(10-17)9-16(15)20-4-2/h6-7,9,14,17-18H,3-5,8,10-12H2,1-2H3. The first-order chi connectivity index (χ1) is 10.2. The number of rotatable bonds is 11. The molecular weight excluding hydrogens is 272 g/mol. The van der Waals surface area contributed by atoms with Gasteiger partial charge in [-0.3, -0.25) is 0 Å². The van der Waals surface area contributed by atoms with Gasteiger partial charge in [0.05, 0.1) is 19.8 Å². The van der Waals surface area contributed by atoms with Crippen molar-refractivity contribution in [3.05, 3.63) is 23.8 Å². The molecule has 1 atom stereocenters. The minimum Gasteiger partial charge on any atom is -0.490 e. The Hall–Kier alpha value is -1.30. The topological polar surface area (TPSA) is 68.2 Å². The smallest absolute Gasteiger partial charge is 0.161 e. The van der Waals surface area contributed by atoms with Crippen LogP contribution in [0.5, 0.6) is 11.5 Å². The number of ether oxygens (including phenoxy) is 3. The van der Waals surface area contributed by atoms with Gasteiger partial charge < -0.3 is 24.4 Å². The quantitative estimate of drug-likeness (QED) is 0.613. The van der Waals surface area contributed by atoms with E-state index in [9.17, 15) is 5.11 Å². The van der Waals surface area contributed by atoms with E-state index in [2.05, 4.69) is 6.92 Å². The van der Waals surface area contributed by atoms with Gasteiger partial charge in [0, 0.05) is 6.61 Å². The van der Waals surface area contributed by atoms with E-state index in [1.165, 1.54) is 0 Å². The molecule has 0 amide bonds. The summed E-state index contributed by atoms with van der Waals surface area (Å²) >= 11 is 0. The van der Waals surface area contributed by atoms with E-state index in [1.807, 2.05) is 6.92 Å². The van der Waals surface area contributed by atoms with Gasteiger partial charge in [-0.25, -0.2) is 0 Å². The SMILES string of the molecule is CCCCOCC(O)COc1ccc(CO)cc1OCC. The molecule has 0 bridgehead atoms. The lowest BCUT2D eigenvalue weighted by Crippen LogP contribution is -2.23. The van der Waals surface area contributed by atoms with Gasteiger partial charge in [-0.2, -0.15) is 0 Å². The molecule has 1 aromatic rings. The summed E-state index contributed by atoms with van der Waals surface area (Å²) in [6.45, 7) is 5.49. The van der Waals surface area contributed by atoms with Gasteiger partial charge in [0.25, 0.3) is 0 Å². The maximum atomic E-state index is 9.80. The Bertz CT molecular complexity index is 394. The van der Waals surface area contributed by atoms with Crippen LogP contribution in [-0.2, 0) is 11.3 Å². The van der Waals surface area contributed by atoms with Gasteiger partial charge in [0.1, 0.15) is 12.7 Å². The maximum absolute atomic E-state index is 9.80. The molecule has 0 aromatic heterocycles. The maximum Gasteiger partial charge on any atom is 0.161 e. The Morgan fingerprint density at radius 1 is 1.10 bits per heavy atom. The molecule has 21 heavy (non-hydrogen) atoms. The largest absolute Gasteiger partial charge is 0.490 e. The van der Waals surface area contributed by atoms with Crippen molar-refractivity contribution in [1.29, 1.82) is 0 Å². The van der Waals surface area contributed by atoms with Crippen molar-refractivity contribution in [2.24, 2.45) is 0 Å². The fourth-order valence-electron chi connectivity index (χ4n) is 1.74. The fraction of sp³-hybridized carbons (Fsp3) is 0.625. The van der Waals surface area contributed by atoms with Crippen LogP contribution in [0.2, 0.25) is 0 Å². The van der Waals surface area contributed by atoms with Crippen molar-refractivity contribution in [2.75, 3.05) is 26.4 Å². The Labute approximate surface area is 126 Å². The predicted octanol–water partition coefficient (Wildman–Crippen LogP) is 2.13. The van der Waals surface area contributed by atoms with E-state index in [0.717, 1.165) is 18.4 Å². The molecule has 0 fully saturated rings. The summed E-state index contributed by atoms with van der Waals surface area (Å²) in [6, 6.07) is 5.24. The lowest BCUT2D eigenvalue weighted by Gasteiger charge is -2.16. The number of unbranched alkanes of at least 4 members (excludes halogenated alkanes) is 1. The fourth-order valence-corrected chi connectivity index (χ4v) is 1.74. The number of aliphatic hydroxyl groups excluding tert-OH is 2. The molecule has 0 heterocycles. The molecule has 1 unspecified atom stereocenters. The molecule has 0 radical (unpaired) electrons. The van der Waals surface area contributed by atoms with Crippen LogP contribution >= 0.6 is 0 Å². The molecule has 5 heteroatoms. The number of hydrogen-bond donors (Lipinski definition) is 2. The summed E-state index contributed by atoms with van der Waals surface area (Å²) in [5, 5.41) is 18.9. The highest BCUT2D eigenvalue weighted by Gasteiger charge is 2.10. The zero-order chi connectivity index (χ0) is 15.5. The van der Waals surface area contributed by atoms with Gasteiger partial charge in [-0.1, -0.05) is 19.4 Å². The van der Waals surface area contributed by atoms with Crippen molar-refractivity contribution < 1.29 is 24.4 Å². The van der Waals surface area contributed by atoms with Crippen LogP contribution in [-0.4, -0.2) is 42.7 Å². The predicted molar refractivity (Wildman–Crippen MR) is 80.8 cm³/mol. The van der Waals surface area contributed by atoms with Crippen LogP contribution in [0.1, 0.15) is 32.3 Å². The molecule has 1 aromatic carbocycles. The minimum atomic E-state index is -0.672. The minimum absolute atomic E-state index is 0.0474. The molecule has 0 aliphatic heterocycles. The van der Waals surface area contributed by atoms with Crippen LogP contribution in [0.25, 0.3) is 0 Å². The van der Waals surface area contributed by atoms with Crippen LogP contribution in [0.3, 0.4) is 0 Å². The normalized spacial score (nSPS) is 12.2. The van der Waals surface area contributed by atoms with E-state index >= 15 is 0 Å². The Kier molecular flexibility index (Phi) is 8.82. The molecule has 5 nitrogen and oxygen atoms in total. The second-order valence-electron chi connectivity index (χ2n) is 4.77. The van der Waals surface area contributed by atoms with Crippen LogP contribution in [0, 0.1) is 0 Å². The first kappa shape index (κ1) is 17.8. The lowest BCUT2D eigenvalue weighted by atomic mass is 10.2. The summed E-state index contributed by atoms with van der Waals surface area (Å²) in [5.41, 5.74) is 0.759. The van der Waals surface area contributed by atoms with Crippen LogP contribution in [0.15, 0.2) is 18.2 Å². The van der Waals surface area contributed by atoms with Gasteiger partial charge in [-0.15, -0.1) is 0 Å². The zero-order valence-electron chi connectivity index (χ0n) is 12.9. The Balaban J connectivity index is 2.46. The third-order valence-corrected chi connectivity index (χ3v) is 2.87. The first-order valence-corrected chi connectivity index (χ1v) is 7.46. The molecule has 2 N–H and O–H groups in total. The number of hydrogen-bond acceptors (Lipinski definition) is 5. The summed E-state index contributed by atoms with van der Waals surface area (Å²) < 4.78 is 16.4. The van der Waals surface area contributed by atoms with E-state index in [-0.39, 0.29) is 19.8 Å². The number of benzene rings is 1. The highest BCUT2D eigenvalue weighted by Crippen LogP contribution is 2.28. The molecule has 120 valence electrons. The third kappa shape index (κ3) is 6.80. The van der Waals surface area contributed by atoms with E-state index in [0.29, 0.717) is 24.7 Å². The lowest BCUT2D eigenvalue weighted by molar-refractivity contribution is 0.0108. The van der Waals surface area contributed by atoms with Crippen LogP contribution < -0.4 is 9.47 Å². The monoisotopic (exact) mass is 298 g/mol. The van der Waals surface area contributed by atoms with Crippen LogP contribution in [0.4, 0.5) is 0 Å². The van der Waals surface area contributed by atoms with Crippen molar-refractivity contribution >= 4 is 0 Å². The molecule has 0 saturated carbocycles. The number of aliphatic hydroxyl groups is 2. The highest BCUT2D eigenvalue weighted by atomic mass is 16.5. The summed E-state index contributed by atoms with van der Waals surface area (Å²) in [6.07, 6.45) is 1.39. The highest BCUT2D eigenvalue weighted by molar-refractivity contribution is 5.42. The van der Waals surface area contributed by atoms with Gasteiger partial charge in [-0.05, 0) is 31.0 Å². The van der Waals surface area contributed by atoms with E-state index in [4.69, 9.17) is 19.3 Å². The van der Waals surface area contributed by atoms with E-state index in [1.54, 1.807) is 18.2 Å². The summed E-state index contributed by atoms with van der Waals surface area (Å²) in [4.78, 5) is 0. The van der Waals surface area contributed by atoms with E-state index < -0.39 is 6.10 Å². The second-order valence-corrected chi connectivity index (χ2v) is 4.77. The van der Waals surface area contributed by atoms with Crippen molar-refractivity contribution in [3.63, 3.8) is 0 Å². The van der Waals surface area contributed by atoms with Gasteiger partial charge in [0.2, 0.25) is 0 Å². The Morgan fingerprint density at radius 2 is 1.90 bits per heavy atom. The second kappa shape index (κ2) is 10.4. The van der Waals surface area contributed by atoms with Gasteiger partial charge >= 0.3 is 0 Å². The van der Waals surface area contributed by atoms with Crippen molar-refractivity contribution in [2.45, 2.75) is 39.4 Å². The van der Waals surface area contributed by atoms with Gasteiger partial charge in [0.15, 0.2) is 11.5 Å². The molecule has 1 rings (SSSR count). The third-order valence-electron chi connectivity index (χ3n) is 2.87. The first-order valence-electron chi connectivity index (χ1n) is 7.46. The molecule has 0 aliphatic rings. The van der Waals surface area contributed by atoms with Crippen molar-refractivity contribution in [3.8, 4) is 11.5 Å². The molecule has 0 saturated heterocycles. The summed E-state index contributed by atoms with van der Waals surface area (Å²) in [5.74, 6) is 1.13. The molecule has 0 aliphatic carbocycles. The molecule has 0 spiro atoms. The average molecular weight is 298 g/mol.